The smallest absolute Gasteiger partial charge is 0.119 e. The van der Waals surface area contributed by atoms with Crippen molar-refractivity contribution in [2.75, 3.05) is 19.5 Å². The van der Waals surface area contributed by atoms with Crippen LogP contribution in [-0.2, 0) is 0 Å². The maximum Gasteiger partial charge on any atom is 0.119 e. The van der Waals surface area contributed by atoms with Gasteiger partial charge in [-0.1, -0.05) is 12.1 Å². The van der Waals surface area contributed by atoms with E-state index in [1.165, 1.54) is 0 Å². The molecule has 0 spiro atoms. The Morgan fingerprint density at radius 3 is 2.14 bits per heavy atom. The van der Waals surface area contributed by atoms with Crippen LogP contribution in [0, 0.1) is 0 Å². The van der Waals surface area contributed by atoms with Gasteiger partial charge in [-0.25, -0.2) is 4.98 Å². The van der Waals surface area contributed by atoms with Gasteiger partial charge in [-0.2, -0.15) is 0 Å². The van der Waals surface area contributed by atoms with E-state index in [4.69, 9.17) is 19.5 Å². The number of para-hydroxylation sites is 2. The number of methoxy groups -OCH3 is 2. The molecular formula is C29H28N4O2. The van der Waals surface area contributed by atoms with E-state index in [0.717, 1.165) is 56.3 Å². The minimum Gasteiger partial charge on any atom is -0.497 e. The van der Waals surface area contributed by atoms with Crippen LogP contribution in [0.1, 0.15) is 13.8 Å². The van der Waals surface area contributed by atoms with Gasteiger partial charge in [0.1, 0.15) is 11.5 Å². The van der Waals surface area contributed by atoms with Gasteiger partial charge >= 0.3 is 0 Å². The second-order valence-corrected chi connectivity index (χ2v) is 8.57. The van der Waals surface area contributed by atoms with Gasteiger partial charge in [0, 0.05) is 17.4 Å². The lowest BCUT2D eigenvalue weighted by atomic mass is 10.1. The Labute approximate surface area is 204 Å². The molecule has 0 unspecified atom stereocenters. The lowest BCUT2D eigenvalue weighted by Gasteiger charge is -2.20. The SMILES string of the molecule is COc1ccc(Nc2cc3nc4ccccc4n(-c4ccc(OC)cc4)c-3cc2=NC(C)C)cc1. The minimum atomic E-state index is 0.131. The third-order valence-electron chi connectivity index (χ3n) is 5.79. The van der Waals surface area contributed by atoms with E-state index in [0.29, 0.717) is 0 Å². The molecule has 35 heavy (non-hydrogen) atoms. The molecule has 0 fully saturated rings. The zero-order valence-electron chi connectivity index (χ0n) is 20.3. The molecule has 0 amide bonds. The molecule has 1 aliphatic heterocycles. The van der Waals surface area contributed by atoms with Crippen molar-refractivity contribution in [1.29, 1.82) is 0 Å². The third-order valence-corrected chi connectivity index (χ3v) is 5.79. The third kappa shape index (κ3) is 4.55. The second-order valence-electron chi connectivity index (χ2n) is 8.57. The van der Waals surface area contributed by atoms with Crippen LogP contribution in [0.25, 0.3) is 28.1 Å². The van der Waals surface area contributed by atoms with Gasteiger partial charge in [0.05, 0.1) is 47.7 Å². The molecule has 6 nitrogen and oxygen atoms in total. The first kappa shape index (κ1) is 22.5. The Morgan fingerprint density at radius 1 is 0.829 bits per heavy atom. The van der Waals surface area contributed by atoms with E-state index in [1.54, 1.807) is 14.2 Å². The fraction of sp³-hybridized carbons (Fsp3) is 0.172. The Hall–Kier alpha value is -4.32. The molecule has 1 aliphatic carbocycles. The molecule has 176 valence electrons. The van der Waals surface area contributed by atoms with E-state index in [2.05, 4.69) is 54.1 Å². The first-order valence-corrected chi connectivity index (χ1v) is 11.6. The summed E-state index contributed by atoms with van der Waals surface area (Å²) in [6, 6.07) is 28.4. The van der Waals surface area contributed by atoms with Gasteiger partial charge in [-0.15, -0.1) is 0 Å². The number of nitrogens with zero attached hydrogens (tertiary/aromatic N) is 3. The summed E-state index contributed by atoms with van der Waals surface area (Å²) in [6.07, 6.45) is 0. The molecule has 3 aromatic carbocycles. The predicted octanol–water partition coefficient (Wildman–Crippen LogP) is 6.20. The van der Waals surface area contributed by atoms with Crippen LogP contribution in [0.4, 0.5) is 11.4 Å². The molecule has 0 radical (unpaired) electrons. The van der Waals surface area contributed by atoms with Crippen molar-refractivity contribution < 1.29 is 9.47 Å². The largest absolute Gasteiger partial charge is 0.497 e. The molecule has 3 aromatic rings. The highest BCUT2D eigenvalue weighted by Crippen LogP contribution is 2.31. The van der Waals surface area contributed by atoms with Crippen molar-refractivity contribution in [3.63, 3.8) is 0 Å². The molecule has 0 atom stereocenters. The average molecular weight is 465 g/mol. The number of rotatable bonds is 6. The molecule has 0 saturated carbocycles. The molecule has 5 rings (SSSR count). The highest BCUT2D eigenvalue weighted by Gasteiger charge is 2.17. The summed E-state index contributed by atoms with van der Waals surface area (Å²) in [5.41, 5.74) is 6.68. The number of hydrogen-bond donors (Lipinski definition) is 1. The lowest BCUT2D eigenvalue weighted by molar-refractivity contribution is 0.414. The molecule has 0 saturated heterocycles. The van der Waals surface area contributed by atoms with Crippen LogP contribution < -0.4 is 20.1 Å². The Balaban J connectivity index is 1.76. The molecule has 1 N–H and O–H groups in total. The van der Waals surface area contributed by atoms with E-state index in [9.17, 15) is 0 Å². The van der Waals surface area contributed by atoms with Crippen LogP contribution in [0.5, 0.6) is 11.5 Å². The average Bonchev–Trinajstić information content (AvgIpc) is 2.88. The highest BCUT2D eigenvalue weighted by atomic mass is 16.5. The van der Waals surface area contributed by atoms with Gasteiger partial charge in [-0.05, 0) is 86.6 Å². The first-order valence-electron chi connectivity index (χ1n) is 11.6. The summed E-state index contributed by atoms with van der Waals surface area (Å²) in [5.74, 6) is 1.63. The van der Waals surface area contributed by atoms with Crippen LogP contribution in [0.15, 0.2) is 89.9 Å². The first-order chi connectivity index (χ1) is 17.1. The fourth-order valence-corrected chi connectivity index (χ4v) is 4.17. The lowest BCUT2D eigenvalue weighted by Crippen LogP contribution is -2.16. The van der Waals surface area contributed by atoms with Crippen molar-refractivity contribution >= 4 is 22.4 Å². The number of ether oxygens (including phenoxy) is 2. The summed E-state index contributed by atoms with van der Waals surface area (Å²) >= 11 is 0. The predicted molar refractivity (Wildman–Crippen MR) is 141 cm³/mol. The van der Waals surface area contributed by atoms with Gasteiger partial charge in [-0.3, -0.25) is 4.99 Å². The number of hydrogen-bond acceptors (Lipinski definition) is 5. The van der Waals surface area contributed by atoms with Crippen LogP contribution in [-0.4, -0.2) is 29.8 Å². The van der Waals surface area contributed by atoms with Gasteiger partial charge in [0.15, 0.2) is 0 Å². The second kappa shape index (κ2) is 9.50. The normalized spacial score (nSPS) is 11.9. The van der Waals surface area contributed by atoms with E-state index in [-0.39, 0.29) is 6.04 Å². The number of fused-ring (bicyclic) bond motifs is 2. The number of benzene rings is 4. The van der Waals surface area contributed by atoms with Gasteiger partial charge < -0.3 is 19.4 Å². The van der Waals surface area contributed by atoms with Gasteiger partial charge in [0.2, 0.25) is 0 Å². The topological polar surface area (TPSA) is 60.7 Å². The highest BCUT2D eigenvalue weighted by molar-refractivity contribution is 5.84. The van der Waals surface area contributed by atoms with Crippen molar-refractivity contribution in [3.05, 3.63) is 90.3 Å². The van der Waals surface area contributed by atoms with Crippen molar-refractivity contribution in [2.24, 2.45) is 4.99 Å². The Kier molecular flexibility index (Phi) is 6.10. The summed E-state index contributed by atoms with van der Waals surface area (Å²) in [4.78, 5) is 9.93. The Bertz CT molecular complexity index is 1500. The summed E-state index contributed by atoms with van der Waals surface area (Å²) in [5, 5.41) is 4.41. The van der Waals surface area contributed by atoms with Gasteiger partial charge in [0.25, 0.3) is 0 Å². The zero-order chi connectivity index (χ0) is 24.4. The molecular weight excluding hydrogens is 436 g/mol. The van der Waals surface area contributed by atoms with Crippen LogP contribution in [0.2, 0.25) is 0 Å². The standard InChI is InChI=1S/C29H28N4O2/c1-19(2)30-26-18-29-27(17-25(26)31-20-9-13-22(34-3)14-10-20)32-24-7-5-6-8-28(24)33(29)21-11-15-23(35-4)16-12-21/h5-19,31H,1-4H3. The van der Waals surface area contributed by atoms with Crippen LogP contribution >= 0.6 is 0 Å². The molecule has 0 bridgehead atoms. The number of nitrogens with one attached hydrogen (secondary N) is 1. The maximum absolute atomic E-state index is 5.38. The molecule has 0 aromatic heterocycles. The van der Waals surface area contributed by atoms with E-state index >= 15 is 0 Å². The summed E-state index contributed by atoms with van der Waals surface area (Å²) < 4.78 is 12.9. The zero-order valence-corrected chi connectivity index (χ0v) is 20.3. The van der Waals surface area contributed by atoms with Crippen molar-refractivity contribution in [2.45, 2.75) is 19.9 Å². The number of anilines is 2. The quantitative estimate of drug-likeness (QED) is 0.304. The molecule has 1 heterocycles. The molecule has 2 aliphatic rings. The maximum atomic E-state index is 5.38. The van der Waals surface area contributed by atoms with E-state index < -0.39 is 0 Å². The van der Waals surface area contributed by atoms with Crippen molar-refractivity contribution in [1.82, 2.24) is 9.55 Å². The minimum absolute atomic E-state index is 0.131. The Morgan fingerprint density at radius 2 is 1.49 bits per heavy atom. The number of aromatic nitrogens is 2. The summed E-state index contributed by atoms with van der Waals surface area (Å²) in [6.45, 7) is 4.16. The monoisotopic (exact) mass is 464 g/mol. The van der Waals surface area contributed by atoms with Crippen molar-refractivity contribution in [3.8, 4) is 28.6 Å². The summed E-state index contributed by atoms with van der Waals surface area (Å²) in [7, 11) is 3.34. The fourth-order valence-electron chi connectivity index (χ4n) is 4.17. The van der Waals surface area contributed by atoms with Crippen LogP contribution in [0.3, 0.4) is 0 Å². The molecule has 6 heteroatoms. The van der Waals surface area contributed by atoms with E-state index in [1.807, 2.05) is 54.6 Å².